The number of rotatable bonds is 6. The van der Waals surface area contributed by atoms with E-state index in [1.54, 1.807) is 36.4 Å². The quantitative estimate of drug-likeness (QED) is 0.665. The van der Waals surface area contributed by atoms with E-state index in [1.165, 1.54) is 7.11 Å². The van der Waals surface area contributed by atoms with Crippen LogP contribution in [0.4, 0.5) is 5.69 Å². The molecule has 1 N–H and O–H groups in total. The second-order valence-corrected chi connectivity index (χ2v) is 5.83. The summed E-state index contributed by atoms with van der Waals surface area (Å²) in [4.78, 5) is 24.0. The molecule has 0 aliphatic heterocycles. The Labute approximate surface area is 157 Å². The molecule has 0 bridgehead atoms. The van der Waals surface area contributed by atoms with Crippen LogP contribution >= 0.6 is 0 Å². The Hall–Kier alpha value is -3.60. The molecule has 0 aliphatic carbocycles. The average molecular weight is 361 g/mol. The predicted molar refractivity (Wildman–Crippen MR) is 103 cm³/mol. The van der Waals surface area contributed by atoms with Gasteiger partial charge in [0.25, 0.3) is 5.91 Å². The van der Waals surface area contributed by atoms with Crippen LogP contribution in [-0.2, 0) is 11.3 Å². The van der Waals surface area contributed by atoms with E-state index in [0.29, 0.717) is 23.4 Å². The summed E-state index contributed by atoms with van der Waals surface area (Å²) < 4.78 is 10.4. The molecule has 5 heteroatoms. The lowest BCUT2D eigenvalue weighted by Crippen LogP contribution is -2.12. The van der Waals surface area contributed by atoms with Gasteiger partial charge in [-0.05, 0) is 48.0 Å². The molecule has 0 heterocycles. The highest BCUT2D eigenvalue weighted by Crippen LogP contribution is 2.15. The first kappa shape index (κ1) is 18.2. The number of para-hydroxylation sites is 1. The first-order valence-electron chi connectivity index (χ1n) is 8.42. The van der Waals surface area contributed by atoms with Crippen molar-refractivity contribution in [3.8, 4) is 5.75 Å². The summed E-state index contributed by atoms with van der Waals surface area (Å²) in [7, 11) is 1.32. The number of hydrogen-bond donors (Lipinski definition) is 1. The topological polar surface area (TPSA) is 64.6 Å². The molecular formula is C22H19NO4. The highest BCUT2D eigenvalue weighted by Gasteiger charge is 2.09. The third-order valence-electron chi connectivity index (χ3n) is 3.91. The van der Waals surface area contributed by atoms with Gasteiger partial charge in [0.2, 0.25) is 0 Å². The molecule has 3 rings (SSSR count). The van der Waals surface area contributed by atoms with E-state index in [2.05, 4.69) is 10.1 Å². The Kier molecular flexibility index (Phi) is 5.84. The van der Waals surface area contributed by atoms with Crippen LogP contribution in [0.1, 0.15) is 26.3 Å². The van der Waals surface area contributed by atoms with E-state index in [9.17, 15) is 9.59 Å². The molecule has 3 aromatic rings. The van der Waals surface area contributed by atoms with Crippen LogP contribution in [-0.4, -0.2) is 19.0 Å². The van der Waals surface area contributed by atoms with Crippen LogP contribution in [0.25, 0.3) is 0 Å². The molecule has 0 radical (unpaired) electrons. The number of carbonyl (C=O) groups excluding carboxylic acids is 2. The van der Waals surface area contributed by atoms with Gasteiger partial charge in [-0.2, -0.15) is 0 Å². The number of nitrogens with one attached hydrogen (secondary N) is 1. The lowest BCUT2D eigenvalue weighted by Gasteiger charge is -2.09. The number of ether oxygens (including phenoxy) is 2. The second kappa shape index (κ2) is 8.67. The monoisotopic (exact) mass is 361 g/mol. The van der Waals surface area contributed by atoms with Gasteiger partial charge in [-0.15, -0.1) is 0 Å². The molecule has 5 nitrogen and oxygen atoms in total. The van der Waals surface area contributed by atoms with Crippen molar-refractivity contribution < 1.29 is 19.1 Å². The Bertz CT molecular complexity index is 921. The molecule has 1 amide bonds. The van der Waals surface area contributed by atoms with Crippen molar-refractivity contribution in [2.75, 3.05) is 12.4 Å². The van der Waals surface area contributed by atoms with Gasteiger partial charge in [0.15, 0.2) is 0 Å². The number of amides is 1. The van der Waals surface area contributed by atoms with Gasteiger partial charge in [-0.1, -0.05) is 36.4 Å². The molecule has 3 aromatic carbocycles. The van der Waals surface area contributed by atoms with Gasteiger partial charge in [-0.25, -0.2) is 4.79 Å². The number of anilines is 1. The third kappa shape index (κ3) is 4.95. The van der Waals surface area contributed by atoms with Crippen molar-refractivity contribution in [1.82, 2.24) is 0 Å². The van der Waals surface area contributed by atoms with Gasteiger partial charge in [-0.3, -0.25) is 4.79 Å². The molecule has 0 saturated carbocycles. The number of esters is 1. The molecule has 0 aromatic heterocycles. The zero-order chi connectivity index (χ0) is 19.1. The molecular weight excluding hydrogens is 342 g/mol. The zero-order valence-corrected chi connectivity index (χ0v) is 14.8. The molecule has 0 atom stereocenters. The lowest BCUT2D eigenvalue weighted by atomic mass is 10.1. The van der Waals surface area contributed by atoms with Gasteiger partial charge in [0.1, 0.15) is 12.4 Å². The molecule has 0 fully saturated rings. The molecule has 27 heavy (non-hydrogen) atoms. The third-order valence-corrected chi connectivity index (χ3v) is 3.91. The summed E-state index contributed by atoms with van der Waals surface area (Å²) in [6.07, 6.45) is 0. The summed E-state index contributed by atoms with van der Waals surface area (Å²) in [6, 6.07) is 23.3. The van der Waals surface area contributed by atoms with Crippen molar-refractivity contribution in [2.24, 2.45) is 0 Å². The van der Waals surface area contributed by atoms with Crippen LogP contribution in [0, 0.1) is 0 Å². The minimum Gasteiger partial charge on any atom is -0.489 e. The van der Waals surface area contributed by atoms with Crippen LogP contribution in [0.15, 0.2) is 78.9 Å². The summed E-state index contributed by atoms with van der Waals surface area (Å²) >= 11 is 0. The van der Waals surface area contributed by atoms with Crippen LogP contribution in [0.5, 0.6) is 5.75 Å². The number of hydrogen-bond acceptors (Lipinski definition) is 4. The van der Waals surface area contributed by atoms with Gasteiger partial charge < -0.3 is 14.8 Å². The van der Waals surface area contributed by atoms with Crippen LogP contribution < -0.4 is 10.1 Å². The Morgan fingerprint density at radius 2 is 1.59 bits per heavy atom. The van der Waals surface area contributed by atoms with Crippen molar-refractivity contribution in [1.29, 1.82) is 0 Å². The zero-order valence-electron chi connectivity index (χ0n) is 14.8. The highest BCUT2D eigenvalue weighted by molar-refractivity contribution is 6.04. The Morgan fingerprint density at radius 3 is 2.30 bits per heavy atom. The van der Waals surface area contributed by atoms with Crippen molar-refractivity contribution >= 4 is 17.6 Å². The van der Waals surface area contributed by atoms with Gasteiger partial charge >= 0.3 is 5.97 Å². The van der Waals surface area contributed by atoms with E-state index < -0.39 is 5.97 Å². The normalized spacial score (nSPS) is 10.1. The fourth-order valence-electron chi connectivity index (χ4n) is 2.48. The molecule has 136 valence electrons. The summed E-state index contributed by atoms with van der Waals surface area (Å²) in [6.45, 7) is 0.424. The fourth-order valence-corrected chi connectivity index (χ4v) is 2.48. The average Bonchev–Trinajstić information content (AvgIpc) is 2.73. The first-order chi connectivity index (χ1) is 13.2. The minimum atomic E-state index is -0.450. The standard InChI is InChI=1S/C22H19NO4/c1-26-22(25)18-6-5-7-19(14-18)23-21(24)17-12-10-16(11-13-17)15-27-20-8-3-2-4-9-20/h2-14H,15H2,1H3,(H,23,24). The van der Waals surface area contributed by atoms with E-state index in [-0.39, 0.29) is 5.91 Å². The maximum atomic E-state index is 12.4. The second-order valence-electron chi connectivity index (χ2n) is 5.83. The van der Waals surface area contributed by atoms with E-state index in [4.69, 9.17) is 4.74 Å². The first-order valence-corrected chi connectivity index (χ1v) is 8.42. The van der Waals surface area contributed by atoms with Crippen LogP contribution in [0.3, 0.4) is 0 Å². The molecule has 0 saturated heterocycles. The van der Waals surface area contributed by atoms with E-state index >= 15 is 0 Å². The molecule has 0 spiro atoms. The maximum absolute atomic E-state index is 12.4. The lowest BCUT2D eigenvalue weighted by molar-refractivity contribution is 0.0600. The minimum absolute atomic E-state index is 0.257. The summed E-state index contributed by atoms with van der Waals surface area (Å²) in [5.41, 5.74) is 2.38. The van der Waals surface area contributed by atoms with Gasteiger partial charge in [0.05, 0.1) is 12.7 Å². The van der Waals surface area contributed by atoms with E-state index in [0.717, 1.165) is 11.3 Å². The van der Waals surface area contributed by atoms with Crippen molar-refractivity contribution in [2.45, 2.75) is 6.61 Å². The SMILES string of the molecule is COC(=O)c1cccc(NC(=O)c2ccc(COc3ccccc3)cc2)c1. The van der Waals surface area contributed by atoms with E-state index in [1.807, 2.05) is 42.5 Å². The Balaban J connectivity index is 1.61. The smallest absolute Gasteiger partial charge is 0.337 e. The number of methoxy groups -OCH3 is 1. The predicted octanol–water partition coefficient (Wildman–Crippen LogP) is 4.30. The fraction of sp³-hybridized carbons (Fsp3) is 0.0909. The van der Waals surface area contributed by atoms with Gasteiger partial charge in [0, 0.05) is 11.3 Å². The molecule has 0 unspecified atom stereocenters. The van der Waals surface area contributed by atoms with Crippen LogP contribution in [0.2, 0.25) is 0 Å². The summed E-state index contributed by atoms with van der Waals surface area (Å²) in [5, 5.41) is 2.78. The number of benzene rings is 3. The van der Waals surface area contributed by atoms with Crippen molar-refractivity contribution in [3.05, 3.63) is 95.6 Å². The summed E-state index contributed by atoms with van der Waals surface area (Å²) in [5.74, 6) is 0.0891. The Morgan fingerprint density at radius 1 is 0.852 bits per heavy atom. The van der Waals surface area contributed by atoms with Crippen molar-refractivity contribution in [3.63, 3.8) is 0 Å². The highest BCUT2D eigenvalue weighted by atomic mass is 16.5. The molecule has 0 aliphatic rings. The largest absolute Gasteiger partial charge is 0.489 e. The number of carbonyl (C=O) groups is 2. The maximum Gasteiger partial charge on any atom is 0.337 e.